The van der Waals surface area contributed by atoms with E-state index in [9.17, 15) is 23.8 Å². The number of aliphatic hydroxyl groups is 1. The maximum Gasteiger partial charge on any atom is 0.303 e. The zero-order chi connectivity index (χ0) is 26.4. The number of carbonyl (C=O) groups is 1. The number of carboxylic acid groups (broad SMARTS) is 1. The number of methoxy groups -OCH3 is 1. The topological polar surface area (TPSA) is 82.9 Å². The fourth-order valence-electron chi connectivity index (χ4n) is 5.19. The van der Waals surface area contributed by atoms with E-state index in [0.717, 1.165) is 41.9 Å². The molecule has 6 nitrogen and oxygen atoms in total. The second-order valence-corrected chi connectivity index (χ2v) is 10.7. The molecule has 0 bridgehead atoms. The Bertz CT molecular complexity index is 1210. The van der Waals surface area contributed by atoms with Crippen molar-refractivity contribution in [3.8, 4) is 5.75 Å². The number of aliphatic carboxylic acids is 1. The summed E-state index contributed by atoms with van der Waals surface area (Å²) in [5, 5.41) is 21.4. The van der Waals surface area contributed by atoms with Gasteiger partial charge >= 0.3 is 5.97 Å². The summed E-state index contributed by atoms with van der Waals surface area (Å²) in [4.78, 5) is 18.7. The number of aliphatic hydroxyl groups excluding tert-OH is 1. The summed E-state index contributed by atoms with van der Waals surface area (Å²) in [5.41, 5.74) is 1.58. The molecule has 0 radical (unpaired) electrons. The van der Waals surface area contributed by atoms with Crippen molar-refractivity contribution in [1.82, 2.24) is 9.88 Å². The predicted octanol–water partition coefficient (Wildman–Crippen LogP) is 5.54. The molecule has 1 aliphatic rings. The first kappa shape index (κ1) is 27.3. The van der Waals surface area contributed by atoms with Crippen LogP contribution in [0.15, 0.2) is 53.6 Å². The van der Waals surface area contributed by atoms with Crippen molar-refractivity contribution >= 4 is 28.6 Å². The lowest BCUT2D eigenvalue weighted by molar-refractivity contribution is -0.139. The molecule has 1 aromatic heterocycles. The summed E-state index contributed by atoms with van der Waals surface area (Å²) in [5.74, 6) is -0.487. The number of thioether (sulfide) groups is 1. The van der Waals surface area contributed by atoms with E-state index in [1.807, 2.05) is 24.3 Å². The van der Waals surface area contributed by atoms with Gasteiger partial charge in [0.25, 0.3) is 0 Å². The Kier molecular flexibility index (Phi) is 9.34. The highest BCUT2D eigenvalue weighted by atomic mass is 32.2. The second kappa shape index (κ2) is 12.7. The molecule has 2 N–H and O–H groups in total. The third-order valence-corrected chi connectivity index (χ3v) is 8.03. The molecule has 198 valence electrons. The lowest BCUT2D eigenvalue weighted by Crippen LogP contribution is -2.42. The first-order valence-corrected chi connectivity index (χ1v) is 13.4. The Hall–Kier alpha value is -2.75. The number of hydrogen-bond donors (Lipinski definition) is 2. The number of fused-ring (bicyclic) bond motifs is 1. The summed E-state index contributed by atoms with van der Waals surface area (Å²) >= 11 is 1.39. The zero-order valence-corrected chi connectivity index (χ0v) is 21.6. The summed E-state index contributed by atoms with van der Waals surface area (Å²) in [6.07, 6.45) is 3.17. The third-order valence-electron chi connectivity index (χ3n) is 7.08. The van der Waals surface area contributed by atoms with E-state index in [2.05, 4.69) is 9.88 Å². The van der Waals surface area contributed by atoms with E-state index in [-0.39, 0.29) is 18.3 Å². The van der Waals surface area contributed by atoms with Crippen LogP contribution in [0.3, 0.4) is 0 Å². The maximum atomic E-state index is 13.4. The van der Waals surface area contributed by atoms with Crippen LogP contribution in [0.1, 0.15) is 37.4 Å². The van der Waals surface area contributed by atoms with Gasteiger partial charge in [-0.15, -0.1) is 11.8 Å². The Balaban J connectivity index is 1.34. The molecule has 0 amide bonds. The van der Waals surface area contributed by atoms with E-state index in [1.165, 1.54) is 23.9 Å². The smallest absolute Gasteiger partial charge is 0.303 e. The van der Waals surface area contributed by atoms with E-state index >= 15 is 0 Å². The molecule has 4 rings (SSSR count). The van der Waals surface area contributed by atoms with Crippen molar-refractivity contribution in [3.63, 3.8) is 0 Å². The van der Waals surface area contributed by atoms with Gasteiger partial charge in [-0.05, 0) is 79.6 Å². The summed E-state index contributed by atoms with van der Waals surface area (Å²) in [6, 6.07) is 10.9. The fraction of sp³-hybridized carbons (Fsp3) is 0.429. The molecule has 0 unspecified atom stereocenters. The molecule has 0 spiro atoms. The van der Waals surface area contributed by atoms with Crippen LogP contribution in [-0.2, 0) is 4.79 Å². The van der Waals surface area contributed by atoms with Gasteiger partial charge in [-0.3, -0.25) is 9.78 Å². The van der Waals surface area contributed by atoms with Crippen LogP contribution in [0.25, 0.3) is 10.9 Å². The maximum absolute atomic E-state index is 13.4. The highest BCUT2D eigenvalue weighted by Gasteiger charge is 2.31. The van der Waals surface area contributed by atoms with Gasteiger partial charge in [-0.25, -0.2) is 8.78 Å². The molecule has 0 aliphatic carbocycles. The monoisotopic (exact) mass is 530 g/mol. The largest absolute Gasteiger partial charge is 0.497 e. The second-order valence-electron chi connectivity index (χ2n) is 9.54. The van der Waals surface area contributed by atoms with E-state index in [1.54, 1.807) is 13.3 Å². The van der Waals surface area contributed by atoms with Gasteiger partial charge in [-0.2, -0.15) is 0 Å². The molecule has 3 atom stereocenters. The van der Waals surface area contributed by atoms with Gasteiger partial charge in [0.05, 0.1) is 18.7 Å². The predicted molar refractivity (Wildman–Crippen MR) is 140 cm³/mol. The minimum absolute atomic E-state index is 0.0238. The number of ether oxygens (including phenoxy) is 1. The van der Waals surface area contributed by atoms with Crippen LogP contribution in [-0.4, -0.2) is 58.6 Å². The van der Waals surface area contributed by atoms with Crippen molar-refractivity contribution in [1.29, 1.82) is 0 Å². The van der Waals surface area contributed by atoms with Crippen LogP contribution in [0.4, 0.5) is 8.78 Å². The number of rotatable bonds is 11. The van der Waals surface area contributed by atoms with E-state index < -0.39 is 23.7 Å². The Morgan fingerprint density at radius 3 is 2.70 bits per heavy atom. The fourth-order valence-corrected chi connectivity index (χ4v) is 6.17. The summed E-state index contributed by atoms with van der Waals surface area (Å²) in [7, 11) is 1.60. The van der Waals surface area contributed by atoms with Gasteiger partial charge in [0.15, 0.2) is 0 Å². The minimum Gasteiger partial charge on any atom is -0.497 e. The number of aromatic nitrogens is 1. The standard InChI is InChI=1S/C28H32F2N2O4S/c1-36-22-3-4-26-25(16-22)24(6-8-31-26)27(33)5-2-18-7-9-32(17-19(18)12-28(34)35)10-11-37-23-14-20(29)13-21(30)15-23/h3-4,6,8,13-16,18-19,27,33H,2,5,7,9-12,17H2,1H3,(H,34,35)/t18-,19+,27-/m1/s1. The SMILES string of the molecule is COc1ccc2nccc([C@H](O)CC[C@@H]3CCN(CCSc4cc(F)cc(F)c4)C[C@@H]3CC(=O)O)c2c1. The van der Waals surface area contributed by atoms with Crippen LogP contribution in [0.5, 0.6) is 5.75 Å². The molecule has 1 fully saturated rings. The molecule has 2 heterocycles. The number of pyridine rings is 1. The molecule has 2 aromatic carbocycles. The van der Waals surface area contributed by atoms with Crippen LogP contribution in [0.2, 0.25) is 0 Å². The van der Waals surface area contributed by atoms with Gasteiger partial charge in [0.1, 0.15) is 17.4 Å². The highest BCUT2D eigenvalue weighted by molar-refractivity contribution is 7.99. The molecular formula is C28H32F2N2O4S. The Morgan fingerprint density at radius 1 is 1.19 bits per heavy atom. The molecule has 37 heavy (non-hydrogen) atoms. The Morgan fingerprint density at radius 2 is 1.97 bits per heavy atom. The average Bonchev–Trinajstić information content (AvgIpc) is 2.86. The van der Waals surface area contributed by atoms with Gasteiger partial charge in [0.2, 0.25) is 0 Å². The summed E-state index contributed by atoms with van der Waals surface area (Å²) < 4.78 is 32.2. The van der Waals surface area contributed by atoms with Crippen LogP contribution < -0.4 is 4.74 Å². The third kappa shape index (κ3) is 7.40. The quantitative estimate of drug-likeness (QED) is 0.315. The number of benzene rings is 2. The van der Waals surface area contributed by atoms with Gasteiger partial charge < -0.3 is 19.8 Å². The first-order chi connectivity index (χ1) is 17.8. The number of halogens is 2. The Labute approximate surface area is 219 Å². The minimum atomic E-state index is -0.825. The average molecular weight is 531 g/mol. The number of nitrogens with zero attached hydrogens (tertiary/aromatic N) is 2. The normalized spacial score (nSPS) is 19.1. The van der Waals surface area contributed by atoms with E-state index in [0.29, 0.717) is 35.9 Å². The van der Waals surface area contributed by atoms with Crippen molar-refractivity contribution in [3.05, 3.63) is 65.9 Å². The van der Waals surface area contributed by atoms with Gasteiger partial charge in [-0.1, -0.05) is 0 Å². The van der Waals surface area contributed by atoms with Crippen LogP contribution >= 0.6 is 11.8 Å². The number of hydrogen-bond acceptors (Lipinski definition) is 6. The van der Waals surface area contributed by atoms with Crippen molar-refractivity contribution in [2.24, 2.45) is 11.8 Å². The summed E-state index contributed by atoms with van der Waals surface area (Å²) in [6.45, 7) is 2.18. The molecule has 9 heteroatoms. The first-order valence-electron chi connectivity index (χ1n) is 12.5. The highest BCUT2D eigenvalue weighted by Crippen LogP contribution is 2.35. The number of piperidine rings is 1. The molecular weight excluding hydrogens is 498 g/mol. The lowest BCUT2D eigenvalue weighted by atomic mass is 9.79. The van der Waals surface area contributed by atoms with E-state index in [4.69, 9.17) is 4.74 Å². The lowest BCUT2D eigenvalue weighted by Gasteiger charge is -2.38. The number of likely N-dealkylation sites (tertiary alicyclic amines) is 1. The van der Waals surface area contributed by atoms with Crippen molar-refractivity contribution in [2.45, 2.75) is 36.7 Å². The zero-order valence-electron chi connectivity index (χ0n) is 20.8. The van der Waals surface area contributed by atoms with Gasteiger partial charge in [0, 0.05) is 47.8 Å². The molecule has 1 aliphatic heterocycles. The molecule has 0 saturated carbocycles. The molecule has 3 aromatic rings. The van der Waals surface area contributed by atoms with Crippen LogP contribution in [0, 0.1) is 23.5 Å². The molecule has 1 saturated heterocycles. The van der Waals surface area contributed by atoms with Crippen molar-refractivity contribution in [2.75, 3.05) is 32.5 Å². The number of carboxylic acids is 1. The van der Waals surface area contributed by atoms with Crippen molar-refractivity contribution < 1.29 is 28.5 Å².